The average molecular weight is 414 g/mol. The Kier molecular flexibility index (Phi) is 8.80. The second-order valence-electron chi connectivity index (χ2n) is 5.93. The molecule has 146 valence electrons. The Hall–Kier alpha value is -1.87. The maximum absolute atomic E-state index is 13.2. The lowest BCUT2D eigenvalue weighted by atomic mass is 10.1. The van der Waals surface area contributed by atoms with E-state index in [0.717, 1.165) is 49.6 Å². The molecule has 1 aromatic heterocycles. The van der Waals surface area contributed by atoms with Gasteiger partial charge in [-0.1, -0.05) is 55.7 Å². The van der Waals surface area contributed by atoms with Crippen LogP contribution in [0.1, 0.15) is 55.8 Å². The zero-order valence-electron chi connectivity index (χ0n) is 15.0. The summed E-state index contributed by atoms with van der Waals surface area (Å²) in [7, 11) is 0. The molecule has 0 bridgehead atoms. The van der Waals surface area contributed by atoms with Gasteiger partial charge in [0.25, 0.3) is 0 Å². The van der Waals surface area contributed by atoms with E-state index in [1.807, 2.05) is 0 Å². The molecule has 2 aromatic rings. The van der Waals surface area contributed by atoms with Crippen molar-refractivity contribution in [2.75, 3.05) is 11.1 Å². The van der Waals surface area contributed by atoms with Gasteiger partial charge in [-0.05, 0) is 24.6 Å². The highest BCUT2D eigenvalue weighted by Gasteiger charge is 2.13. The molecule has 1 N–H and O–H groups in total. The first kappa shape index (κ1) is 21.4. The minimum absolute atomic E-state index is 0.0189. The molecule has 0 aliphatic carbocycles. The Balaban J connectivity index is 1.75. The van der Waals surface area contributed by atoms with E-state index in [2.05, 4.69) is 22.4 Å². The normalized spacial score (nSPS) is 10.8. The predicted molar refractivity (Wildman–Crippen MR) is 103 cm³/mol. The van der Waals surface area contributed by atoms with Crippen LogP contribution < -0.4 is 5.32 Å². The summed E-state index contributed by atoms with van der Waals surface area (Å²) >= 11 is 2.31. The highest BCUT2D eigenvalue weighted by Crippen LogP contribution is 2.26. The standard InChI is InChI=1S/C18H21F2N3O2S2/c1-2-3-4-5-6-7-16(25)21-17-22-23-18(27-17)26-11-15(24)12-8-9-13(19)14(20)10-12/h8-10H,2-7,11H2,1H3,(H,21,22,25). The number of carbonyl (C=O) groups is 2. The summed E-state index contributed by atoms with van der Waals surface area (Å²) in [5, 5.41) is 10.9. The summed E-state index contributed by atoms with van der Waals surface area (Å²) in [6.07, 6.45) is 5.80. The number of Topliss-reactive ketones (excluding diaryl/α,β-unsaturated/α-hetero) is 1. The van der Waals surface area contributed by atoms with Crippen LogP contribution in [0.4, 0.5) is 13.9 Å². The molecule has 0 radical (unpaired) electrons. The van der Waals surface area contributed by atoms with Gasteiger partial charge in [0.05, 0.1) is 5.75 Å². The zero-order valence-corrected chi connectivity index (χ0v) is 16.6. The van der Waals surface area contributed by atoms with Crippen LogP contribution in [0.25, 0.3) is 0 Å². The number of anilines is 1. The minimum Gasteiger partial charge on any atom is -0.301 e. The molecule has 5 nitrogen and oxygen atoms in total. The molecule has 27 heavy (non-hydrogen) atoms. The molecular weight excluding hydrogens is 392 g/mol. The number of unbranched alkanes of at least 4 members (excludes halogenated alkanes) is 4. The molecule has 2 rings (SSSR count). The van der Waals surface area contributed by atoms with Gasteiger partial charge in [-0.25, -0.2) is 8.78 Å². The van der Waals surface area contributed by atoms with Gasteiger partial charge in [0, 0.05) is 12.0 Å². The summed E-state index contributed by atoms with van der Waals surface area (Å²) in [5.74, 6) is -2.47. The first-order valence-corrected chi connectivity index (χ1v) is 10.5. The fraction of sp³-hybridized carbons (Fsp3) is 0.444. The number of nitrogens with zero attached hydrogens (tertiary/aromatic N) is 2. The Morgan fingerprint density at radius 2 is 1.89 bits per heavy atom. The zero-order chi connectivity index (χ0) is 19.6. The van der Waals surface area contributed by atoms with Gasteiger partial charge in [0.2, 0.25) is 11.0 Å². The van der Waals surface area contributed by atoms with Gasteiger partial charge >= 0.3 is 0 Å². The van der Waals surface area contributed by atoms with Gasteiger partial charge in [-0.2, -0.15) is 0 Å². The van der Waals surface area contributed by atoms with E-state index >= 15 is 0 Å². The predicted octanol–water partition coefficient (Wildman–Crippen LogP) is 5.09. The van der Waals surface area contributed by atoms with Crippen molar-refractivity contribution in [2.24, 2.45) is 0 Å². The van der Waals surface area contributed by atoms with Crippen molar-refractivity contribution in [1.82, 2.24) is 10.2 Å². The molecule has 0 atom stereocenters. The summed E-state index contributed by atoms with van der Waals surface area (Å²) in [6.45, 7) is 2.14. The van der Waals surface area contributed by atoms with E-state index in [1.54, 1.807) is 0 Å². The minimum atomic E-state index is -1.05. The smallest absolute Gasteiger partial charge is 0.226 e. The first-order chi connectivity index (χ1) is 13.0. The van der Waals surface area contributed by atoms with E-state index in [-0.39, 0.29) is 23.0 Å². The van der Waals surface area contributed by atoms with Crippen LogP contribution in [-0.2, 0) is 4.79 Å². The van der Waals surface area contributed by atoms with E-state index in [1.165, 1.54) is 23.8 Å². The van der Waals surface area contributed by atoms with Crippen molar-refractivity contribution in [3.8, 4) is 0 Å². The first-order valence-electron chi connectivity index (χ1n) is 8.74. The number of thioether (sulfide) groups is 1. The van der Waals surface area contributed by atoms with Crippen molar-refractivity contribution < 1.29 is 18.4 Å². The van der Waals surface area contributed by atoms with Gasteiger partial charge < -0.3 is 5.32 Å². The monoisotopic (exact) mass is 413 g/mol. The molecule has 0 aliphatic rings. The lowest BCUT2D eigenvalue weighted by molar-refractivity contribution is -0.116. The number of ketones is 1. The third kappa shape index (κ3) is 7.34. The summed E-state index contributed by atoms with van der Waals surface area (Å²) in [4.78, 5) is 23.9. The molecule has 0 saturated heterocycles. The number of aromatic nitrogens is 2. The molecule has 1 aromatic carbocycles. The fourth-order valence-electron chi connectivity index (χ4n) is 2.27. The number of benzene rings is 1. The molecule has 0 saturated carbocycles. The topological polar surface area (TPSA) is 72.0 Å². The molecule has 9 heteroatoms. The molecule has 1 amide bonds. The maximum Gasteiger partial charge on any atom is 0.226 e. The highest BCUT2D eigenvalue weighted by molar-refractivity contribution is 8.01. The second-order valence-corrected chi connectivity index (χ2v) is 8.13. The van der Waals surface area contributed by atoms with E-state index in [9.17, 15) is 18.4 Å². The number of halogens is 2. The average Bonchev–Trinajstić information content (AvgIpc) is 3.09. The molecule has 0 aliphatic heterocycles. The van der Waals surface area contributed by atoms with E-state index in [0.29, 0.717) is 15.9 Å². The van der Waals surface area contributed by atoms with Crippen LogP contribution >= 0.6 is 23.1 Å². The van der Waals surface area contributed by atoms with Crippen LogP contribution in [0.5, 0.6) is 0 Å². The van der Waals surface area contributed by atoms with Crippen LogP contribution in [0, 0.1) is 11.6 Å². The Morgan fingerprint density at radius 3 is 2.63 bits per heavy atom. The van der Waals surface area contributed by atoms with E-state index < -0.39 is 11.6 Å². The fourth-order valence-corrected chi connectivity index (χ4v) is 3.93. The SMILES string of the molecule is CCCCCCCC(=O)Nc1nnc(SCC(=O)c2ccc(F)c(F)c2)s1. The van der Waals surface area contributed by atoms with Crippen molar-refractivity contribution >= 4 is 39.9 Å². The van der Waals surface area contributed by atoms with Gasteiger partial charge in [-0.15, -0.1) is 10.2 Å². The van der Waals surface area contributed by atoms with Crippen LogP contribution in [0.2, 0.25) is 0 Å². The Morgan fingerprint density at radius 1 is 1.11 bits per heavy atom. The van der Waals surface area contributed by atoms with Gasteiger partial charge in [0.1, 0.15) is 0 Å². The molecule has 0 spiro atoms. The van der Waals surface area contributed by atoms with Crippen LogP contribution in [0.15, 0.2) is 22.5 Å². The van der Waals surface area contributed by atoms with Gasteiger partial charge in [0.15, 0.2) is 21.8 Å². The third-order valence-corrected chi connectivity index (χ3v) is 5.70. The number of hydrogen-bond donors (Lipinski definition) is 1. The van der Waals surface area contributed by atoms with Gasteiger partial charge in [-0.3, -0.25) is 9.59 Å². The Labute approximate surface area is 165 Å². The van der Waals surface area contributed by atoms with Crippen molar-refractivity contribution in [1.29, 1.82) is 0 Å². The van der Waals surface area contributed by atoms with Crippen molar-refractivity contribution in [3.05, 3.63) is 35.4 Å². The largest absolute Gasteiger partial charge is 0.301 e. The lowest BCUT2D eigenvalue weighted by Crippen LogP contribution is -2.10. The van der Waals surface area contributed by atoms with Crippen LogP contribution in [-0.4, -0.2) is 27.6 Å². The number of hydrogen-bond acceptors (Lipinski definition) is 6. The Bertz CT molecular complexity index is 784. The number of rotatable bonds is 11. The number of nitrogens with one attached hydrogen (secondary N) is 1. The van der Waals surface area contributed by atoms with Crippen molar-refractivity contribution in [3.63, 3.8) is 0 Å². The summed E-state index contributed by atoms with van der Waals surface area (Å²) < 4.78 is 26.6. The quantitative estimate of drug-likeness (QED) is 0.240. The molecule has 1 heterocycles. The lowest BCUT2D eigenvalue weighted by Gasteiger charge is -2.01. The summed E-state index contributed by atoms with van der Waals surface area (Å²) in [6, 6.07) is 3.05. The molecule has 0 unspecified atom stereocenters. The number of carbonyl (C=O) groups excluding carboxylic acids is 2. The number of amides is 1. The summed E-state index contributed by atoms with van der Waals surface area (Å²) in [5.41, 5.74) is 0.0996. The maximum atomic E-state index is 13.2. The second kappa shape index (κ2) is 11.1. The molecule has 0 fully saturated rings. The third-order valence-electron chi connectivity index (χ3n) is 3.73. The van der Waals surface area contributed by atoms with E-state index in [4.69, 9.17) is 0 Å². The van der Waals surface area contributed by atoms with Crippen LogP contribution in [0.3, 0.4) is 0 Å². The molecular formula is C18H21F2N3O2S2. The van der Waals surface area contributed by atoms with Crippen molar-refractivity contribution in [2.45, 2.75) is 49.8 Å². The highest BCUT2D eigenvalue weighted by atomic mass is 32.2.